The molecule has 1 unspecified atom stereocenters. The Bertz CT molecular complexity index is 504. The molecule has 0 aliphatic carbocycles. The molecule has 8 nitrogen and oxygen atoms in total. The Balaban J connectivity index is 3.25. The minimum Gasteiger partial charge on any atom is -0.493 e. The monoisotopic (exact) mass is 299 g/mol. The van der Waals surface area contributed by atoms with Crippen molar-refractivity contribution >= 4 is 11.9 Å². The van der Waals surface area contributed by atoms with Crippen molar-refractivity contribution in [3.63, 3.8) is 0 Å². The smallest absolute Gasteiger partial charge is 0.325 e. The van der Waals surface area contributed by atoms with Crippen molar-refractivity contribution in [2.75, 3.05) is 27.9 Å². The van der Waals surface area contributed by atoms with Gasteiger partial charge in [0.05, 0.1) is 27.9 Å². The predicted octanol–water partition coefficient (Wildman–Crippen LogP) is 0.512. The van der Waals surface area contributed by atoms with Gasteiger partial charge in [-0.1, -0.05) is 0 Å². The fraction of sp³-hybridized carbons (Fsp3) is 0.385. The van der Waals surface area contributed by atoms with Crippen molar-refractivity contribution in [1.82, 2.24) is 5.32 Å². The molecule has 0 saturated heterocycles. The minimum atomic E-state index is -1.22. The first-order chi connectivity index (χ1) is 9.94. The van der Waals surface area contributed by atoms with Gasteiger partial charge < -0.3 is 24.4 Å². The number of rotatable bonds is 8. The molecule has 21 heavy (non-hydrogen) atoms. The first-order valence-corrected chi connectivity index (χ1v) is 5.92. The molecule has 1 atom stereocenters. The van der Waals surface area contributed by atoms with Crippen molar-refractivity contribution in [2.45, 2.75) is 6.04 Å². The molecule has 0 aliphatic rings. The number of hydrogen-bond donors (Lipinski definition) is 3. The Morgan fingerprint density at radius 3 is 1.95 bits per heavy atom. The van der Waals surface area contributed by atoms with E-state index >= 15 is 0 Å². The molecule has 0 amide bonds. The maximum atomic E-state index is 11.3. The largest absolute Gasteiger partial charge is 0.493 e. The minimum absolute atomic E-state index is 0.287. The van der Waals surface area contributed by atoms with E-state index in [-0.39, 0.29) is 11.5 Å². The van der Waals surface area contributed by atoms with Gasteiger partial charge in [-0.2, -0.15) is 0 Å². The summed E-state index contributed by atoms with van der Waals surface area (Å²) >= 11 is 0. The zero-order valence-electron chi connectivity index (χ0n) is 11.9. The molecule has 3 N–H and O–H groups in total. The number of carbonyl (C=O) groups is 2. The van der Waals surface area contributed by atoms with Crippen LogP contribution in [0.4, 0.5) is 0 Å². The molecule has 0 bridgehead atoms. The van der Waals surface area contributed by atoms with Gasteiger partial charge in [-0.3, -0.25) is 14.9 Å². The van der Waals surface area contributed by atoms with E-state index in [2.05, 4.69) is 5.32 Å². The Morgan fingerprint density at radius 1 is 1.10 bits per heavy atom. The van der Waals surface area contributed by atoms with Crippen LogP contribution in [0.15, 0.2) is 12.1 Å². The summed E-state index contributed by atoms with van der Waals surface area (Å²) in [5.74, 6) is -1.48. The van der Waals surface area contributed by atoms with E-state index in [0.717, 1.165) is 0 Å². The predicted molar refractivity (Wildman–Crippen MR) is 72.1 cm³/mol. The van der Waals surface area contributed by atoms with Crippen LogP contribution in [0, 0.1) is 0 Å². The lowest BCUT2D eigenvalue weighted by Crippen LogP contribution is -2.32. The van der Waals surface area contributed by atoms with E-state index in [1.807, 2.05) is 0 Å². The second-order valence-electron chi connectivity index (χ2n) is 4.00. The Hall–Kier alpha value is -2.48. The van der Waals surface area contributed by atoms with Crippen LogP contribution in [0.1, 0.15) is 11.6 Å². The summed E-state index contributed by atoms with van der Waals surface area (Å²) in [5, 5.41) is 20.3. The van der Waals surface area contributed by atoms with Gasteiger partial charge >= 0.3 is 11.9 Å². The number of benzene rings is 1. The molecule has 1 aromatic rings. The van der Waals surface area contributed by atoms with Gasteiger partial charge in [-0.25, -0.2) is 0 Å². The van der Waals surface area contributed by atoms with Gasteiger partial charge in [0, 0.05) is 0 Å². The summed E-state index contributed by atoms with van der Waals surface area (Å²) < 4.78 is 15.4. The summed E-state index contributed by atoms with van der Waals surface area (Å²) in [6, 6.07) is 1.69. The molecule has 0 aromatic heterocycles. The van der Waals surface area contributed by atoms with Crippen LogP contribution in [-0.2, 0) is 9.59 Å². The second-order valence-corrected chi connectivity index (χ2v) is 4.00. The molecule has 0 saturated carbocycles. The van der Waals surface area contributed by atoms with E-state index < -0.39 is 24.5 Å². The lowest BCUT2D eigenvalue weighted by atomic mass is 10.1. The summed E-state index contributed by atoms with van der Waals surface area (Å²) in [5.41, 5.74) is 0.290. The normalized spacial score (nSPS) is 11.6. The van der Waals surface area contributed by atoms with Crippen molar-refractivity contribution in [2.24, 2.45) is 0 Å². The van der Waals surface area contributed by atoms with Gasteiger partial charge in [-0.15, -0.1) is 0 Å². The lowest BCUT2D eigenvalue weighted by Gasteiger charge is -2.18. The fourth-order valence-corrected chi connectivity index (χ4v) is 1.81. The lowest BCUT2D eigenvalue weighted by molar-refractivity contribution is -0.140. The third-order valence-corrected chi connectivity index (χ3v) is 2.72. The van der Waals surface area contributed by atoms with Gasteiger partial charge in [-0.05, 0) is 17.7 Å². The summed E-state index contributed by atoms with van der Waals surface area (Å²) in [6.45, 7) is -0.492. The van der Waals surface area contributed by atoms with E-state index in [0.29, 0.717) is 11.3 Å². The van der Waals surface area contributed by atoms with Crippen LogP contribution in [0.3, 0.4) is 0 Å². The van der Waals surface area contributed by atoms with Crippen LogP contribution in [0.2, 0.25) is 0 Å². The van der Waals surface area contributed by atoms with E-state index in [9.17, 15) is 14.7 Å². The average molecular weight is 299 g/mol. The van der Waals surface area contributed by atoms with Gasteiger partial charge in [0.25, 0.3) is 0 Å². The molecule has 0 radical (unpaired) electrons. The van der Waals surface area contributed by atoms with Crippen LogP contribution >= 0.6 is 0 Å². The zero-order chi connectivity index (χ0) is 16.0. The molecule has 8 heteroatoms. The number of nitrogens with one attached hydrogen (secondary N) is 1. The SMILES string of the molecule is COc1cc(C(NCC(=O)O)C(=O)O)cc(OC)c1OC. The van der Waals surface area contributed by atoms with Crippen LogP contribution in [0.25, 0.3) is 0 Å². The highest BCUT2D eigenvalue weighted by Crippen LogP contribution is 2.39. The van der Waals surface area contributed by atoms with Crippen molar-refractivity contribution in [1.29, 1.82) is 0 Å². The van der Waals surface area contributed by atoms with Crippen molar-refractivity contribution in [3.8, 4) is 17.2 Å². The van der Waals surface area contributed by atoms with Crippen LogP contribution in [0.5, 0.6) is 17.2 Å². The van der Waals surface area contributed by atoms with Crippen molar-refractivity contribution < 1.29 is 34.0 Å². The first kappa shape index (κ1) is 16.6. The molecule has 1 aromatic carbocycles. The molecule has 0 spiro atoms. The molecule has 0 fully saturated rings. The highest BCUT2D eigenvalue weighted by atomic mass is 16.5. The topological polar surface area (TPSA) is 114 Å². The highest BCUT2D eigenvalue weighted by Gasteiger charge is 2.24. The molecule has 116 valence electrons. The molecular weight excluding hydrogens is 282 g/mol. The van der Waals surface area contributed by atoms with E-state index in [4.69, 9.17) is 19.3 Å². The number of hydrogen-bond acceptors (Lipinski definition) is 6. The second kappa shape index (κ2) is 7.34. The molecule has 0 heterocycles. The quantitative estimate of drug-likeness (QED) is 0.636. The third kappa shape index (κ3) is 3.99. The maximum absolute atomic E-state index is 11.3. The number of methoxy groups -OCH3 is 3. The van der Waals surface area contributed by atoms with Crippen molar-refractivity contribution in [3.05, 3.63) is 17.7 Å². The van der Waals surface area contributed by atoms with Crippen LogP contribution < -0.4 is 19.5 Å². The van der Waals surface area contributed by atoms with Gasteiger partial charge in [0.1, 0.15) is 6.04 Å². The Kier molecular flexibility index (Phi) is 5.79. The van der Waals surface area contributed by atoms with Gasteiger partial charge in [0.2, 0.25) is 5.75 Å². The third-order valence-electron chi connectivity index (χ3n) is 2.72. The molecule has 1 rings (SSSR count). The van der Waals surface area contributed by atoms with Gasteiger partial charge in [0.15, 0.2) is 11.5 Å². The maximum Gasteiger partial charge on any atom is 0.325 e. The fourth-order valence-electron chi connectivity index (χ4n) is 1.81. The molecule has 0 aliphatic heterocycles. The number of aliphatic carboxylic acids is 2. The highest BCUT2D eigenvalue weighted by molar-refractivity contribution is 5.78. The molecular formula is C13H17NO7. The number of carboxylic acid groups (broad SMARTS) is 2. The first-order valence-electron chi connectivity index (χ1n) is 5.92. The standard InChI is InChI=1S/C13H17NO7/c1-19-8-4-7(5-9(20-2)12(8)21-3)11(13(17)18)14-6-10(15)16/h4-5,11,14H,6H2,1-3H3,(H,15,16)(H,17,18). The summed E-state index contributed by atoms with van der Waals surface area (Å²) in [7, 11) is 4.24. The van der Waals surface area contributed by atoms with E-state index in [1.54, 1.807) is 0 Å². The van der Waals surface area contributed by atoms with E-state index in [1.165, 1.54) is 33.5 Å². The van der Waals surface area contributed by atoms with Crippen LogP contribution in [-0.4, -0.2) is 50.0 Å². The zero-order valence-corrected chi connectivity index (χ0v) is 11.9. The Morgan fingerprint density at radius 2 is 1.62 bits per heavy atom. The summed E-state index contributed by atoms with van der Waals surface area (Å²) in [4.78, 5) is 21.9. The number of ether oxygens (including phenoxy) is 3. The average Bonchev–Trinajstić information content (AvgIpc) is 2.45. The summed E-state index contributed by atoms with van der Waals surface area (Å²) in [6.07, 6.45) is 0. The Labute approximate surface area is 121 Å². The number of carboxylic acids is 2.